The third-order valence-electron chi connectivity index (χ3n) is 3.52. The Morgan fingerprint density at radius 2 is 1.95 bits per heavy atom. The van der Waals surface area contributed by atoms with Crippen LogP contribution in [0.25, 0.3) is 0 Å². The largest absolute Gasteiger partial charge is 0.488 e. The molecule has 0 atom stereocenters. The molecule has 0 spiro atoms. The van der Waals surface area contributed by atoms with Gasteiger partial charge in [-0.3, -0.25) is 0 Å². The predicted molar refractivity (Wildman–Crippen MR) is 82.0 cm³/mol. The van der Waals surface area contributed by atoms with Crippen molar-refractivity contribution in [3.05, 3.63) is 64.4 Å². The van der Waals surface area contributed by atoms with Gasteiger partial charge in [0.1, 0.15) is 18.2 Å². The number of hydrogen-bond acceptors (Lipinski definition) is 2. The Morgan fingerprint density at radius 1 is 1.14 bits per heavy atom. The lowest BCUT2D eigenvalue weighted by atomic mass is 10.2. The van der Waals surface area contributed by atoms with Gasteiger partial charge in [0.2, 0.25) is 0 Å². The van der Waals surface area contributed by atoms with Crippen LogP contribution in [0, 0.1) is 5.82 Å². The van der Waals surface area contributed by atoms with Crippen LogP contribution in [-0.2, 0) is 13.2 Å². The average molecular weight is 306 g/mol. The van der Waals surface area contributed by atoms with E-state index in [1.54, 1.807) is 6.07 Å². The zero-order chi connectivity index (χ0) is 14.7. The van der Waals surface area contributed by atoms with Crippen LogP contribution in [0.1, 0.15) is 24.0 Å². The molecule has 0 bridgehead atoms. The summed E-state index contributed by atoms with van der Waals surface area (Å²) in [5.74, 6) is 0.484. The number of nitrogens with one attached hydrogen (secondary N) is 1. The van der Waals surface area contributed by atoms with Gasteiger partial charge in [0, 0.05) is 28.7 Å². The van der Waals surface area contributed by atoms with Crippen LogP contribution in [0.2, 0.25) is 5.02 Å². The summed E-state index contributed by atoms with van der Waals surface area (Å²) < 4.78 is 19.5. The van der Waals surface area contributed by atoms with Crippen LogP contribution in [0.5, 0.6) is 5.75 Å². The lowest BCUT2D eigenvalue weighted by Crippen LogP contribution is -2.16. The molecule has 0 saturated heterocycles. The minimum absolute atomic E-state index is 0.173. The van der Waals surface area contributed by atoms with Gasteiger partial charge in [0.05, 0.1) is 0 Å². The van der Waals surface area contributed by atoms with Crippen LogP contribution < -0.4 is 10.1 Å². The Kier molecular flexibility index (Phi) is 4.42. The molecule has 0 amide bonds. The number of para-hydroxylation sites is 1. The van der Waals surface area contributed by atoms with E-state index in [9.17, 15) is 4.39 Å². The van der Waals surface area contributed by atoms with Crippen molar-refractivity contribution in [1.29, 1.82) is 0 Å². The summed E-state index contributed by atoms with van der Waals surface area (Å²) in [5, 5.41) is 3.97. The molecule has 2 aromatic rings. The molecular weight excluding hydrogens is 289 g/mol. The number of ether oxygens (including phenoxy) is 1. The van der Waals surface area contributed by atoms with E-state index in [0.29, 0.717) is 16.6 Å². The SMILES string of the molecule is Fc1ccc(Cl)cc1COc1ccccc1CNC1CC1. The molecule has 0 unspecified atom stereocenters. The number of benzene rings is 2. The molecule has 0 aromatic heterocycles. The molecule has 1 N–H and O–H groups in total. The molecule has 1 aliphatic rings. The van der Waals surface area contributed by atoms with E-state index in [2.05, 4.69) is 5.32 Å². The van der Waals surface area contributed by atoms with Crippen LogP contribution >= 0.6 is 11.6 Å². The summed E-state index contributed by atoms with van der Waals surface area (Å²) >= 11 is 5.89. The van der Waals surface area contributed by atoms with Crippen LogP contribution in [-0.4, -0.2) is 6.04 Å². The Labute approximate surface area is 128 Å². The Balaban J connectivity index is 1.67. The first-order chi connectivity index (χ1) is 10.2. The normalized spacial score (nSPS) is 14.2. The zero-order valence-electron chi connectivity index (χ0n) is 11.6. The molecule has 0 aliphatic heterocycles. The molecular formula is C17H17ClFNO. The molecule has 3 rings (SSSR count). The second kappa shape index (κ2) is 6.46. The summed E-state index contributed by atoms with van der Waals surface area (Å²) in [6, 6.07) is 13.0. The quantitative estimate of drug-likeness (QED) is 0.858. The second-order valence-corrected chi connectivity index (χ2v) is 5.72. The third kappa shape index (κ3) is 3.96. The summed E-state index contributed by atoms with van der Waals surface area (Å²) in [7, 11) is 0. The summed E-state index contributed by atoms with van der Waals surface area (Å²) in [4.78, 5) is 0. The standard InChI is InChI=1S/C17H17ClFNO/c18-14-5-8-16(19)13(9-14)11-21-17-4-2-1-3-12(17)10-20-15-6-7-15/h1-5,8-9,15,20H,6-7,10-11H2. The van der Waals surface area contributed by atoms with E-state index < -0.39 is 0 Å². The highest BCUT2D eigenvalue weighted by molar-refractivity contribution is 6.30. The van der Waals surface area contributed by atoms with Crippen molar-refractivity contribution < 1.29 is 9.13 Å². The molecule has 4 heteroatoms. The van der Waals surface area contributed by atoms with Crippen LogP contribution in [0.4, 0.5) is 4.39 Å². The fourth-order valence-electron chi connectivity index (χ4n) is 2.14. The maximum atomic E-state index is 13.7. The van der Waals surface area contributed by atoms with Gasteiger partial charge in [0.25, 0.3) is 0 Å². The van der Waals surface area contributed by atoms with Gasteiger partial charge in [-0.05, 0) is 37.1 Å². The average Bonchev–Trinajstić information content (AvgIpc) is 3.31. The molecule has 1 aliphatic carbocycles. The first-order valence-electron chi connectivity index (χ1n) is 7.10. The van der Waals surface area contributed by atoms with Crippen molar-refractivity contribution in [3.8, 4) is 5.75 Å². The highest BCUT2D eigenvalue weighted by Gasteiger charge is 2.20. The van der Waals surface area contributed by atoms with Crippen molar-refractivity contribution in [2.45, 2.75) is 32.0 Å². The van der Waals surface area contributed by atoms with E-state index in [4.69, 9.17) is 16.3 Å². The topological polar surface area (TPSA) is 21.3 Å². The maximum Gasteiger partial charge on any atom is 0.129 e. The number of hydrogen-bond donors (Lipinski definition) is 1. The lowest BCUT2D eigenvalue weighted by molar-refractivity contribution is 0.296. The molecule has 110 valence electrons. The Morgan fingerprint density at radius 3 is 2.76 bits per heavy atom. The fourth-order valence-corrected chi connectivity index (χ4v) is 2.34. The highest BCUT2D eigenvalue weighted by atomic mass is 35.5. The minimum atomic E-state index is -0.298. The van der Waals surface area contributed by atoms with Crippen molar-refractivity contribution in [3.63, 3.8) is 0 Å². The highest BCUT2D eigenvalue weighted by Crippen LogP contribution is 2.24. The van der Waals surface area contributed by atoms with Crippen molar-refractivity contribution in [2.75, 3.05) is 0 Å². The molecule has 2 nitrogen and oxygen atoms in total. The molecule has 0 heterocycles. The van der Waals surface area contributed by atoms with E-state index in [1.165, 1.54) is 25.0 Å². The van der Waals surface area contributed by atoms with Gasteiger partial charge in [-0.15, -0.1) is 0 Å². The number of rotatable bonds is 6. The zero-order valence-corrected chi connectivity index (χ0v) is 12.4. The van der Waals surface area contributed by atoms with Gasteiger partial charge < -0.3 is 10.1 Å². The van der Waals surface area contributed by atoms with Gasteiger partial charge in [-0.25, -0.2) is 4.39 Å². The third-order valence-corrected chi connectivity index (χ3v) is 3.76. The molecule has 1 saturated carbocycles. The van der Waals surface area contributed by atoms with Gasteiger partial charge in [0.15, 0.2) is 0 Å². The Hall–Kier alpha value is -1.58. The summed E-state index contributed by atoms with van der Waals surface area (Å²) in [6.45, 7) is 0.950. The van der Waals surface area contributed by atoms with Crippen molar-refractivity contribution in [1.82, 2.24) is 5.32 Å². The van der Waals surface area contributed by atoms with Gasteiger partial charge in [-0.1, -0.05) is 29.8 Å². The van der Waals surface area contributed by atoms with E-state index in [-0.39, 0.29) is 12.4 Å². The molecule has 0 radical (unpaired) electrons. The molecule has 21 heavy (non-hydrogen) atoms. The second-order valence-electron chi connectivity index (χ2n) is 5.29. The summed E-state index contributed by atoms with van der Waals surface area (Å²) in [6.07, 6.45) is 2.49. The van der Waals surface area contributed by atoms with Crippen LogP contribution in [0.15, 0.2) is 42.5 Å². The van der Waals surface area contributed by atoms with Crippen LogP contribution in [0.3, 0.4) is 0 Å². The lowest BCUT2D eigenvalue weighted by Gasteiger charge is -2.12. The van der Waals surface area contributed by atoms with Gasteiger partial charge in [-0.2, -0.15) is 0 Å². The molecule has 1 fully saturated rings. The first kappa shape index (κ1) is 14.4. The smallest absolute Gasteiger partial charge is 0.129 e. The van der Waals surface area contributed by atoms with Gasteiger partial charge >= 0.3 is 0 Å². The minimum Gasteiger partial charge on any atom is -0.488 e. The predicted octanol–water partition coefficient (Wildman–Crippen LogP) is 4.31. The van der Waals surface area contributed by atoms with Crippen molar-refractivity contribution in [2.24, 2.45) is 0 Å². The summed E-state index contributed by atoms with van der Waals surface area (Å²) in [5.41, 5.74) is 1.55. The maximum absolute atomic E-state index is 13.7. The fraction of sp³-hybridized carbons (Fsp3) is 0.294. The van der Waals surface area contributed by atoms with E-state index >= 15 is 0 Å². The van der Waals surface area contributed by atoms with E-state index in [0.717, 1.165) is 17.9 Å². The monoisotopic (exact) mass is 305 g/mol. The van der Waals surface area contributed by atoms with E-state index in [1.807, 2.05) is 24.3 Å². The molecule has 2 aromatic carbocycles. The Bertz CT molecular complexity index is 628. The first-order valence-corrected chi connectivity index (χ1v) is 7.48. The van der Waals surface area contributed by atoms with Crippen molar-refractivity contribution >= 4 is 11.6 Å². The number of halogens is 2.